The Bertz CT molecular complexity index is 286. The highest BCUT2D eigenvalue weighted by Crippen LogP contribution is 2.01. The van der Waals surface area contributed by atoms with E-state index in [4.69, 9.17) is 0 Å². The summed E-state index contributed by atoms with van der Waals surface area (Å²) in [4.78, 5) is 18.8. The molecule has 1 fully saturated rings. The van der Waals surface area contributed by atoms with Gasteiger partial charge in [-0.3, -0.25) is 4.79 Å². The molecule has 1 unspecified atom stereocenters. The van der Waals surface area contributed by atoms with Crippen LogP contribution in [0.3, 0.4) is 0 Å². The Balaban J connectivity index is 2.11. The van der Waals surface area contributed by atoms with E-state index in [-0.39, 0.29) is 5.91 Å². The second kappa shape index (κ2) is 10.1. The Morgan fingerprint density at radius 2 is 1.81 bits per heavy atom. The SMILES string of the molecule is CCN(CC)CCCC(C)NCC(=O)N1CCN(C)CC1. The van der Waals surface area contributed by atoms with Crippen LogP contribution in [0, 0.1) is 0 Å². The molecule has 1 heterocycles. The molecule has 0 aromatic rings. The fourth-order valence-electron chi connectivity index (χ4n) is 2.69. The number of nitrogens with one attached hydrogen (secondary N) is 1. The van der Waals surface area contributed by atoms with Crippen molar-refractivity contribution in [2.75, 3.05) is 59.4 Å². The number of rotatable bonds is 9. The Morgan fingerprint density at radius 1 is 1.19 bits per heavy atom. The predicted octanol–water partition coefficient (Wildman–Crippen LogP) is 0.861. The van der Waals surface area contributed by atoms with E-state index in [1.54, 1.807) is 0 Å². The third kappa shape index (κ3) is 7.25. The minimum atomic E-state index is 0.249. The standard InChI is InChI=1S/C16H34N4O/c1-5-19(6-2)9-7-8-15(3)17-14-16(21)20-12-10-18(4)11-13-20/h15,17H,5-14H2,1-4H3. The van der Waals surface area contributed by atoms with Gasteiger partial charge < -0.3 is 20.0 Å². The van der Waals surface area contributed by atoms with Gasteiger partial charge in [-0.2, -0.15) is 0 Å². The van der Waals surface area contributed by atoms with E-state index < -0.39 is 0 Å². The molecule has 5 nitrogen and oxygen atoms in total. The van der Waals surface area contributed by atoms with Crippen LogP contribution in [0.1, 0.15) is 33.6 Å². The van der Waals surface area contributed by atoms with Gasteiger partial charge in [-0.05, 0) is 46.4 Å². The second-order valence-corrected chi connectivity index (χ2v) is 6.14. The zero-order valence-electron chi connectivity index (χ0n) is 14.4. The van der Waals surface area contributed by atoms with Gasteiger partial charge in [0.25, 0.3) is 0 Å². The molecule has 5 heteroatoms. The molecule has 0 aromatic heterocycles. The lowest BCUT2D eigenvalue weighted by Gasteiger charge is -2.32. The van der Waals surface area contributed by atoms with Crippen molar-refractivity contribution in [3.63, 3.8) is 0 Å². The first-order valence-corrected chi connectivity index (χ1v) is 8.48. The van der Waals surface area contributed by atoms with E-state index in [0.717, 1.165) is 52.2 Å². The van der Waals surface area contributed by atoms with Gasteiger partial charge in [-0.15, -0.1) is 0 Å². The Kier molecular flexibility index (Phi) is 8.88. The van der Waals surface area contributed by atoms with E-state index >= 15 is 0 Å². The minimum Gasteiger partial charge on any atom is -0.339 e. The van der Waals surface area contributed by atoms with Crippen molar-refractivity contribution in [2.45, 2.75) is 39.7 Å². The third-order valence-electron chi connectivity index (χ3n) is 4.46. The van der Waals surface area contributed by atoms with E-state index in [1.807, 2.05) is 4.90 Å². The summed E-state index contributed by atoms with van der Waals surface area (Å²) < 4.78 is 0. The highest BCUT2D eigenvalue weighted by atomic mass is 16.2. The molecule has 0 aromatic carbocycles. The molecule has 1 rings (SSSR count). The number of hydrogen-bond acceptors (Lipinski definition) is 4. The molecule has 0 bridgehead atoms. The molecule has 1 N–H and O–H groups in total. The monoisotopic (exact) mass is 298 g/mol. The molecule has 0 radical (unpaired) electrons. The van der Waals surface area contributed by atoms with Crippen LogP contribution in [-0.4, -0.2) is 86.1 Å². The number of carbonyl (C=O) groups is 1. The molecule has 0 aliphatic carbocycles. The molecule has 0 saturated carbocycles. The van der Waals surface area contributed by atoms with Crippen LogP contribution in [-0.2, 0) is 4.79 Å². The van der Waals surface area contributed by atoms with Crippen molar-refractivity contribution in [3.05, 3.63) is 0 Å². The number of piperazine rings is 1. The van der Waals surface area contributed by atoms with E-state index in [9.17, 15) is 4.79 Å². The maximum atomic E-state index is 12.1. The van der Waals surface area contributed by atoms with E-state index in [2.05, 4.69) is 42.9 Å². The van der Waals surface area contributed by atoms with Crippen LogP contribution in [0.25, 0.3) is 0 Å². The molecular formula is C16H34N4O. The zero-order chi connectivity index (χ0) is 15.7. The normalized spacial score (nSPS) is 18.2. The Labute approximate surface area is 130 Å². The topological polar surface area (TPSA) is 38.8 Å². The highest BCUT2D eigenvalue weighted by molar-refractivity contribution is 5.78. The van der Waals surface area contributed by atoms with Crippen molar-refractivity contribution in [2.24, 2.45) is 0 Å². The van der Waals surface area contributed by atoms with Crippen LogP contribution in [0.2, 0.25) is 0 Å². The van der Waals surface area contributed by atoms with Gasteiger partial charge in [-0.1, -0.05) is 13.8 Å². The Hall–Kier alpha value is -0.650. The summed E-state index contributed by atoms with van der Waals surface area (Å²) in [6, 6.07) is 0.414. The summed E-state index contributed by atoms with van der Waals surface area (Å²) >= 11 is 0. The summed E-state index contributed by atoms with van der Waals surface area (Å²) in [5.41, 5.74) is 0. The first kappa shape index (κ1) is 18.4. The van der Waals surface area contributed by atoms with E-state index in [1.165, 1.54) is 6.42 Å². The van der Waals surface area contributed by atoms with Crippen molar-refractivity contribution in [1.82, 2.24) is 20.0 Å². The number of amides is 1. The van der Waals surface area contributed by atoms with Crippen molar-refractivity contribution < 1.29 is 4.79 Å². The van der Waals surface area contributed by atoms with Gasteiger partial charge in [0.05, 0.1) is 6.54 Å². The molecule has 1 aliphatic heterocycles. The van der Waals surface area contributed by atoms with Crippen LogP contribution in [0.15, 0.2) is 0 Å². The van der Waals surface area contributed by atoms with E-state index in [0.29, 0.717) is 12.6 Å². The van der Waals surface area contributed by atoms with Crippen molar-refractivity contribution in [1.29, 1.82) is 0 Å². The fourth-order valence-corrected chi connectivity index (χ4v) is 2.69. The van der Waals surface area contributed by atoms with Gasteiger partial charge >= 0.3 is 0 Å². The molecule has 1 aliphatic rings. The van der Waals surface area contributed by atoms with Crippen LogP contribution in [0.4, 0.5) is 0 Å². The second-order valence-electron chi connectivity index (χ2n) is 6.14. The lowest BCUT2D eigenvalue weighted by molar-refractivity contribution is -0.131. The van der Waals surface area contributed by atoms with Gasteiger partial charge in [0, 0.05) is 32.2 Å². The van der Waals surface area contributed by atoms with Gasteiger partial charge in [0.2, 0.25) is 5.91 Å². The number of likely N-dealkylation sites (N-methyl/N-ethyl adjacent to an activating group) is 1. The molecule has 21 heavy (non-hydrogen) atoms. The first-order chi connectivity index (χ1) is 10.1. The fraction of sp³-hybridized carbons (Fsp3) is 0.938. The lowest BCUT2D eigenvalue weighted by Crippen LogP contribution is -2.50. The van der Waals surface area contributed by atoms with Crippen molar-refractivity contribution in [3.8, 4) is 0 Å². The molecular weight excluding hydrogens is 264 g/mol. The number of nitrogens with zero attached hydrogens (tertiary/aromatic N) is 3. The zero-order valence-corrected chi connectivity index (χ0v) is 14.4. The van der Waals surface area contributed by atoms with Crippen LogP contribution >= 0.6 is 0 Å². The molecule has 1 amide bonds. The van der Waals surface area contributed by atoms with Crippen molar-refractivity contribution >= 4 is 5.91 Å². The van der Waals surface area contributed by atoms with Crippen LogP contribution in [0.5, 0.6) is 0 Å². The summed E-state index contributed by atoms with van der Waals surface area (Å²) in [7, 11) is 2.11. The highest BCUT2D eigenvalue weighted by Gasteiger charge is 2.18. The molecule has 0 spiro atoms. The molecule has 1 saturated heterocycles. The Morgan fingerprint density at radius 3 is 2.38 bits per heavy atom. The average Bonchev–Trinajstić information content (AvgIpc) is 2.50. The minimum absolute atomic E-state index is 0.249. The lowest BCUT2D eigenvalue weighted by atomic mass is 10.1. The summed E-state index contributed by atoms with van der Waals surface area (Å²) in [6.45, 7) is 14.2. The van der Waals surface area contributed by atoms with Gasteiger partial charge in [0.1, 0.15) is 0 Å². The molecule has 124 valence electrons. The maximum Gasteiger partial charge on any atom is 0.236 e. The average molecular weight is 298 g/mol. The first-order valence-electron chi connectivity index (χ1n) is 8.48. The van der Waals surface area contributed by atoms with Gasteiger partial charge in [-0.25, -0.2) is 0 Å². The van der Waals surface area contributed by atoms with Gasteiger partial charge in [0.15, 0.2) is 0 Å². The third-order valence-corrected chi connectivity index (χ3v) is 4.46. The number of hydrogen-bond donors (Lipinski definition) is 1. The summed E-state index contributed by atoms with van der Waals surface area (Å²) in [6.07, 6.45) is 2.32. The predicted molar refractivity (Wildman–Crippen MR) is 88.6 cm³/mol. The summed E-state index contributed by atoms with van der Waals surface area (Å²) in [5, 5.41) is 3.38. The smallest absolute Gasteiger partial charge is 0.236 e. The largest absolute Gasteiger partial charge is 0.339 e. The molecule has 1 atom stereocenters. The number of carbonyl (C=O) groups excluding carboxylic acids is 1. The quantitative estimate of drug-likeness (QED) is 0.685. The maximum absolute atomic E-state index is 12.1. The van der Waals surface area contributed by atoms with Crippen LogP contribution < -0.4 is 5.32 Å². The summed E-state index contributed by atoms with van der Waals surface area (Å²) in [5.74, 6) is 0.249.